The molecule has 90 valence electrons. The predicted octanol–water partition coefficient (Wildman–Crippen LogP) is -0.688. The van der Waals surface area contributed by atoms with Crippen molar-refractivity contribution >= 4 is 20.9 Å². The van der Waals surface area contributed by atoms with Gasteiger partial charge in [0, 0.05) is 6.04 Å². The first-order valence-corrected chi connectivity index (χ1v) is 7.70. The van der Waals surface area contributed by atoms with Gasteiger partial charge in [-0.1, -0.05) is 19.3 Å². The Morgan fingerprint density at radius 2 is 1.73 bits per heavy atom. The zero-order valence-electron chi connectivity index (χ0n) is 8.31. The average molecular weight is 256 g/mol. The monoisotopic (exact) mass is 256 g/mol. The van der Waals surface area contributed by atoms with Crippen molar-refractivity contribution in [1.29, 1.82) is 0 Å². The summed E-state index contributed by atoms with van der Waals surface area (Å²) in [5.41, 5.74) is 0. The van der Waals surface area contributed by atoms with E-state index in [0.717, 1.165) is 25.7 Å². The Labute approximate surface area is 91.6 Å². The zero-order chi connectivity index (χ0) is 11.3. The molecular weight excluding hydrogens is 240 g/mol. The largest absolute Gasteiger partial charge is 0.300 e. The minimum atomic E-state index is -3.74. The first-order chi connectivity index (χ1) is 6.99. The molecule has 0 amide bonds. The van der Waals surface area contributed by atoms with E-state index in [9.17, 15) is 16.8 Å². The fourth-order valence-electron chi connectivity index (χ4n) is 1.68. The van der Waals surface area contributed by atoms with E-state index < -0.39 is 20.9 Å². The van der Waals surface area contributed by atoms with Gasteiger partial charge in [-0.3, -0.25) is 5.32 Å². The Bertz CT molecular complexity index is 349. The third-order valence-electron chi connectivity index (χ3n) is 2.38. The topological polar surface area (TPSA) is 92.3 Å². The minimum absolute atomic E-state index is 0.194. The third kappa shape index (κ3) is 5.45. The smallest absolute Gasteiger partial charge is 0.237 e. The molecule has 0 heterocycles. The summed E-state index contributed by atoms with van der Waals surface area (Å²) in [4.78, 5) is 0. The van der Waals surface area contributed by atoms with Gasteiger partial charge in [0.25, 0.3) is 0 Å². The van der Waals surface area contributed by atoms with Gasteiger partial charge in [-0.05, 0) is 12.8 Å². The van der Waals surface area contributed by atoms with Crippen LogP contribution >= 0.6 is 0 Å². The summed E-state index contributed by atoms with van der Waals surface area (Å²) in [6.07, 6.45) is 5.30. The summed E-state index contributed by atoms with van der Waals surface area (Å²) in [7, 11) is -6.83. The fraction of sp³-hybridized carbons (Fsp3) is 1.00. The van der Waals surface area contributed by atoms with Crippen molar-refractivity contribution in [2.75, 3.05) is 5.88 Å². The van der Waals surface area contributed by atoms with Gasteiger partial charge in [-0.2, -0.15) is 0 Å². The van der Waals surface area contributed by atoms with Crippen LogP contribution in [-0.2, 0) is 20.9 Å². The number of hydrogen-bond acceptors (Lipinski definition) is 5. The van der Waals surface area contributed by atoms with Crippen LogP contribution < -0.4 is 9.44 Å². The Morgan fingerprint density at radius 1 is 1.13 bits per heavy atom. The van der Waals surface area contributed by atoms with Crippen LogP contribution in [-0.4, -0.2) is 28.8 Å². The van der Waals surface area contributed by atoms with Crippen molar-refractivity contribution < 1.29 is 16.8 Å². The molecular formula is C7H16N2O4S2. The van der Waals surface area contributed by atoms with Gasteiger partial charge >= 0.3 is 0 Å². The number of hydrogen-bond donors (Lipinski definition) is 3. The van der Waals surface area contributed by atoms with E-state index in [4.69, 9.17) is 0 Å². The zero-order valence-corrected chi connectivity index (χ0v) is 10.0. The van der Waals surface area contributed by atoms with Crippen LogP contribution in [0.1, 0.15) is 32.1 Å². The fourth-order valence-corrected chi connectivity index (χ4v) is 3.30. The number of rotatable bonds is 5. The molecule has 0 saturated heterocycles. The minimum Gasteiger partial charge on any atom is -0.300 e. The van der Waals surface area contributed by atoms with E-state index in [0.29, 0.717) is 0 Å². The highest BCUT2D eigenvalue weighted by atomic mass is 32.3. The number of sulfonamides is 1. The average Bonchev–Trinajstić information content (AvgIpc) is 2.15. The Hall–Kier alpha value is -0.180. The molecule has 0 aliphatic heterocycles. The Balaban J connectivity index is 2.34. The van der Waals surface area contributed by atoms with Crippen molar-refractivity contribution in [2.45, 2.75) is 38.1 Å². The second-order valence-electron chi connectivity index (χ2n) is 3.65. The van der Waals surface area contributed by atoms with Gasteiger partial charge < -0.3 is 0 Å². The molecule has 1 fully saturated rings. The Morgan fingerprint density at radius 3 is 2.27 bits per heavy atom. The molecule has 0 spiro atoms. The lowest BCUT2D eigenvalue weighted by atomic mass is 9.96. The van der Waals surface area contributed by atoms with Crippen LogP contribution in [0.4, 0.5) is 0 Å². The maximum absolute atomic E-state index is 11.1. The maximum atomic E-state index is 11.1. The van der Waals surface area contributed by atoms with Crippen molar-refractivity contribution in [3.05, 3.63) is 0 Å². The van der Waals surface area contributed by atoms with Gasteiger partial charge in [0.05, 0.1) is 0 Å². The molecule has 8 heteroatoms. The quantitative estimate of drug-likeness (QED) is 0.566. The van der Waals surface area contributed by atoms with E-state index in [1.165, 1.54) is 10.5 Å². The van der Waals surface area contributed by atoms with E-state index in [-0.39, 0.29) is 11.9 Å². The molecule has 1 aliphatic rings. The highest BCUT2D eigenvalue weighted by Crippen LogP contribution is 2.17. The molecule has 0 radical (unpaired) electrons. The van der Waals surface area contributed by atoms with Gasteiger partial charge in [0.15, 0.2) is 0 Å². The van der Waals surface area contributed by atoms with Gasteiger partial charge in [0.1, 0.15) is 5.88 Å². The molecule has 0 aromatic heterocycles. The van der Waals surface area contributed by atoms with Gasteiger partial charge in [-0.25, -0.2) is 16.8 Å². The van der Waals surface area contributed by atoms with E-state index in [2.05, 4.69) is 5.32 Å². The van der Waals surface area contributed by atoms with Crippen LogP contribution in [0.25, 0.3) is 0 Å². The molecule has 0 bridgehead atoms. The third-order valence-corrected chi connectivity index (χ3v) is 4.64. The first-order valence-electron chi connectivity index (χ1n) is 4.87. The normalized spacial score (nSPS) is 19.5. The lowest BCUT2D eigenvalue weighted by Crippen LogP contribution is -2.39. The molecule has 0 atom stereocenters. The van der Waals surface area contributed by atoms with Crippen LogP contribution in [0, 0.1) is 0 Å². The Kier molecular flexibility index (Phi) is 4.97. The lowest BCUT2D eigenvalue weighted by molar-refractivity contribution is 0.387. The lowest BCUT2D eigenvalue weighted by Gasteiger charge is -2.22. The summed E-state index contributed by atoms with van der Waals surface area (Å²) >= 11 is 0. The summed E-state index contributed by atoms with van der Waals surface area (Å²) in [5, 5.41) is 2.85. The highest BCUT2D eigenvalue weighted by Gasteiger charge is 2.16. The number of nitrogens with one attached hydrogen (secondary N) is 2. The second kappa shape index (κ2) is 5.78. The summed E-state index contributed by atoms with van der Waals surface area (Å²) in [6.45, 7) is 0. The molecule has 2 N–H and O–H groups in total. The molecule has 15 heavy (non-hydrogen) atoms. The summed E-state index contributed by atoms with van der Waals surface area (Å²) in [5.74, 6) is -0.332. The van der Waals surface area contributed by atoms with Crippen LogP contribution in [0.5, 0.6) is 0 Å². The van der Waals surface area contributed by atoms with E-state index in [1.807, 2.05) is 0 Å². The van der Waals surface area contributed by atoms with Crippen LogP contribution in [0.3, 0.4) is 0 Å². The van der Waals surface area contributed by atoms with E-state index >= 15 is 0 Å². The molecule has 0 unspecified atom stereocenters. The van der Waals surface area contributed by atoms with Crippen molar-refractivity contribution in [2.24, 2.45) is 0 Å². The molecule has 1 saturated carbocycles. The van der Waals surface area contributed by atoms with Gasteiger partial charge in [-0.15, -0.1) is 4.13 Å². The summed E-state index contributed by atoms with van der Waals surface area (Å²) < 4.78 is 44.1. The molecule has 0 aromatic carbocycles. The van der Waals surface area contributed by atoms with Crippen molar-refractivity contribution in [1.82, 2.24) is 9.44 Å². The molecule has 1 rings (SSSR count). The maximum Gasteiger partial charge on any atom is 0.237 e. The van der Waals surface area contributed by atoms with Crippen LogP contribution in [0.15, 0.2) is 0 Å². The molecule has 1 aliphatic carbocycles. The molecule has 0 aromatic rings. The van der Waals surface area contributed by atoms with E-state index in [1.54, 1.807) is 0 Å². The number of thiol groups is 1. The second-order valence-corrected chi connectivity index (χ2v) is 6.41. The van der Waals surface area contributed by atoms with Crippen LogP contribution in [0.2, 0.25) is 0 Å². The van der Waals surface area contributed by atoms with Crippen molar-refractivity contribution in [3.63, 3.8) is 0 Å². The predicted molar refractivity (Wildman–Crippen MR) is 57.2 cm³/mol. The van der Waals surface area contributed by atoms with Crippen molar-refractivity contribution in [3.8, 4) is 0 Å². The molecule has 6 nitrogen and oxygen atoms in total. The SMILES string of the molecule is O=[SH](=O)NS(=O)(=O)CNC1CCCCC1. The first kappa shape index (κ1) is 12.9. The highest BCUT2D eigenvalue weighted by molar-refractivity contribution is 7.98. The standard InChI is InChI=1S/C7H16N2O4S2/c10-14(11)9-15(12,13)6-8-7-4-2-1-3-5-7/h7-8,14H,1-6H2,(H,9,10,11). The summed E-state index contributed by atoms with van der Waals surface area (Å²) in [6, 6.07) is 0.194. The van der Waals surface area contributed by atoms with Gasteiger partial charge in [0.2, 0.25) is 20.9 Å².